The highest BCUT2D eigenvalue weighted by Crippen LogP contribution is 2.20. The Morgan fingerprint density at radius 3 is 2.81 bits per heavy atom. The average molecular weight is 256 g/mol. The maximum absolute atomic E-state index is 6.04. The van der Waals surface area contributed by atoms with E-state index in [0.717, 1.165) is 22.8 Å². The third-order valence-electron chi connectivity index (χ3n) is 2.20. The summed E-state index contributed by atoms with van der Waals surface area (Å²) in [7, 11) is 0. The van der Waals surface area contributed by atoms with E-state index in [1.807, 2.05) is 12.1 Å². The van der Waals surface area contributed by atoms with Crippen LogP contribution >= 0.6 is 23.2 Å². The summed E-state index contributed by atoms with van der Waals surface area (Å²) < 4.78 is 0. The number of nitrogens with one attached hydrogen (secondary N) is 2. The average Bonchev–Trinajstić information content (AvgIpc) is 2.76. The van der Waals surface area contributed by atoms with Crippen molar-refractivity contribution in [3.63, 3.8) is 0 Å². The van der Waals surface area contributed by atoms with Gasteiger partial charge in [-0.15, -0.1) is 0 Å². The van der Waals surface area contributed by atoms with Gasteiger partial charge in [-0.3, -0.25) is 5.10 Å². The second-order valence-electron chi connectivity index (χ2n) is 3.42. The smallest absolute Gasteiger partial charge is 0.0490 e. The minimum absolute atomic E-state index is 0.679. The van der Waals surface area contributed by atoms with Gasteiger partial charge in [0.05, 0.1) is 0 Å². The van der Waals surface area contributed by atoms with Gasteiger partial charge in [-0.05, 0) is 29.8 Å². The van der Waals surface area contributed by atoms with Crippen LogP contribution in [0.5, 0.6) is 0 Å². The van der Waals surface area contributed by atoms with Crippen molar-refractivity contribution in [1.82, 2.24) is 15.5 Å². The predicted molar refractivity (Wildman–Crippen MR) is 65.6 cm³/mol. The van der Waals surface area contributed by atoms with Crippen LogP contribution in [0.25, 0.3) is 0 Å². The summed E-state index contributed by atoms with van der Waals surface area (Å²) in [5.74, 6) is 0. The van der Waals surface area contributed by atoms with E-state index in [4.69, 9.17) is 23.2 Å². The molecule has 3 nitrogen and oxygen atoms in total. The first-order chi connectivity index (χ1) is 7.75. The molecule has 1 aromatic carbocycles. The molecule has 5 heteroatoms. The Labute approximate surface area is 104 Å². The SMILES string of the molecule is Clc1ccc(Cl)c(CNCc2ccn[nH]2)c1. The number of aromatic amines is 1. The number of rotatable bonds is 4. The highest BCUT2D eigenvalue weighted by molar-refractivity contribution is 6.33. The lowest BCUT2D eigenvalue weighted by molar-refractivity contribution is 0.677. The van der Waals surface area contributed by atoms with Crippen molar-refractivity contribution in [3.8, 4) is 0 Å². The Morgan fingerprint density at radius 1 is 1.19 bits per heavy atom. The van der Waals surface area contributed by atoms with Gasteiger partial charge in [0, 0.05) is 35.0 Å². The summed E-state index contributed by atoms with van der Waals surface area (Å²) in [6, 6.07) is 7.37. The Balaban J connectivity index is 1.92. The van der Waals surface area contributed by atoms with Gasteiger partial charge >= 0.3 is 0 Å². The molecule has 1 aromatic heterocycles. The third kappa shape index (κ3) is 2.98. The fraction of sp³-hybridized carbons (Fsp3) is 0.182. The van der Waals surface area contributed by atoms with E-state index in [1.165, 1.54) is 0 Å². The maximum atomic E-state index is 6.04. The molecule has 1 heterocycles. The summed E-state index contributed by atoms with van der Waals surface area (Å²) in [5.41, 5.74) is 2.03. The highest BCUT2D eigenvalue weighted by Gasteiger charge is 2.01. The number of halogens is 2. The van der Waals surface area contributed by atoms with Crippen molar-refractivity contribution in [2.24, 2.45) is 0 Å². The minimum Gasteiger partial charge on any atom is -0.307 e. The number of hydrogen-bond donors (Lipinski definition) is 2. The zero-order valence-corrected chi connectivity index (χ0v) is 10.0. The quantitative estimate of drug-likeness (QED) is 0.882. The molecule has 2 N–H and O–H groups in total. The molecule has 0 saturated heterocycles. The van der Waals surface area contributed by atoms with Crippen LogP contribution in [0.4, 0.5) is 0 Å². The van der Waals surface area contributed by atoms with Gasteiger partial charge < -0.3 is 5.32 Å². The van der Waals surface area contributed by atoms with Crippen molar-refractivity contribution < 1.29 is 0 Å². The Hall–Kier alpha value is -1.03. The Morgan fingerprint density at radius 2 is 2.06 bits per heavy atom. The molecule has 2 rings (SSSR count). The maximum Gasteiger partial charge on any atom is 0.0490 e. The van der Waals surface area contributed by atoms with Crippen LogP contribution < -0.4 is 5.32 Å². The Bertz CT molecular complexity index is 454. The highest BCUT2D eigenvalue weighted by atomic mass is 35.5. The fourth-order valence-electron chi connectivity index (χ4n) is 1.39. The van der Waals surface area contributed by atoms with Crippen LogP contribution in [0, 0.1) is 0 Å². The molecule has 0 aliphatic rings. The fourth-order valence-corrected chi connectivity index (χ4v) is 1.77. The molecule has 0 spiro atoms. The van der Waals surface area contributed by atoms with E-state index in [1.54, 1.807) is 18.3 Å². The number of benzene rings is 1. The van der Waals surface area contributed by atoms with Gasteiger partial charge in [-0.25, -0.2) is 0 Å². The van der Waals surface area contributed by atoms with Crippen LogP contribution in [0.3, 0.4) is 0 Å². The summed E-state index contributed by atoms with van der Waals surface area (Å²) in [5, 5.41) is 11.4. The normalized spacial score (nSPS) is 10.6. The van der Waals surface area contributed by atoms with Crippen LogP contribution in [0.1, 0.15) is 11.3 Å². The van der Waals surface area contributed by atoms with Crippen molar-refractivity contribution in [2.75, 3.05) is 0 Å². The molecule has 0 bridgehead atoms. The second-order valence-corrected chi connectivity index (χ2v) is 4.26. The molecule has 2 aromatic rings. The van der Waals surface area contributed by atoms with E-state index >= 15 is 0 Å². The van der Waals surface area contributed by atoms with Gasteiger partial charge in [-0.2, -0.15) is 5.10 Å². The molecule has 0 unspecified atom stereocenters. The monoisotopic (exact) mass is 255 g/mol. The standard InChI is InChI=1S/C11H11Cl2N3/c12-9-1-2-11(13)8(5-9)6-14-7-10-3-4-15-16-10/h1-5,14H,6-7H2,(H,15,16). The Kier molecular flexibility index (Phi) is 3.83. The van der Waals surface area contributed by atoms with Crippen LogP contribution in [0.2, 0.25) is 10.0 Å². The molecule has 16 heavy (non-hydrogen) atoms. The summed E-state index contributed by atoms with van der Waals surface area (Å²) >= 11 is 11.9. The van der Waals surface area contributed by atoms with E-state index < -0.39 is 0 Å². The lowest BCUT2D eigenvalue weighted by Crippen LogP contribution is -2.13. The van der Waals surface area contributed by atoms with Gasteiger partial charge in [0.15, 0.2) is 0 Å². The van der Waals surface area contributed by atoms with E-state index in [9.17, 15) is 0 Å². The van der Waals surface area contributed by atoms with Crippen molar-refractivity contribution >= 4 is 23.2 Å². The molecule has 0 amide bonds. The number of H-pyrrole nitrogens is 1. The lowest BCUT2D eigenvalue weighted by atomic mass is 10.2. The first kappa shape index (κ1) is 11.5. The molecular weight excluding hydrogens is 245 g/mol. The van der Waals surface area contributed by atoms with E-state index in [-0.39, 0.29) is 0 Å². The zero-order valence-electron chi connectivity index (χ0n) is 8.50. The molecule has 0 saturated carbocycles. The number of hydrogen-bond acceptors (Lipinski definition) is 2. The van der Waals surface area contributed by atoms with Crippen LogP contribution in [-0.2, 0) is 13.1 Å². The first-order valence-corrected chi connectivity index (χ1v) is 5.64. The summed E-state index contributed by atoms with van der Waals surface area (Å²) in [4.78, 5) is 0. The van der Waals surface area contributed by atoms with Gasteiger partial charge in [0.25, 0.3) is 0 Å². The van der Waals surface area contributed by atoms with E-state index in [2.05, 4.69) is 15.5 Å². The molecule has 0 fully saturated rings. The lowest BCUT2D eigenvalue weighted by Gasteiger charge is -2.06. The van der Waals surface area contributed by atoms with Gasteiger partial charge in [-0.1, -0.05) is 23.2 Å². The molecule has 0 radical (unpaired) electrons. The number of aromatic nitrogens is 2. The summed E-state index contributed by atoms with van der Waals surface area (Å²) in [6.07, 6.45) is 1.73. The zero-order chi connectivity index (χ0) is 11.4. The molecule has 0 aliphatic carbocycles. The predicted octanol–water partition coefficient (Wildman–Crippen LogP) is 3.01. The van der Waals surface area contributed by atoms with Crippen molar-refractivity contribution in [2.45, 2.75) is 13.1 Å². The van der Waals surface area contributed by atoms with Crippen molar-refractivity contribution in [3.05, 3.63) is 51.8 Å². The molecule has 0 atom stereocenters. The van der Waals surface area contributed by atoms with Gasteiger partial charge in [0.1, 0.15) is 0 Å². The second kappa shape index (κ2) is 5.34. The minimum atomic E-state index is 0.679. The largest absolute Gasteiger partial charge is 0.307 e. The van der Waals surface area contributed by atoms with Crippen LogP contribution in [0.15, 0.2) is 30.5 Å². The van der Waals surface area contributed by atoms with Gasteiger partial charge in [0.2, 0.25) is 0 Å². The third-order valence-corrected chi connectivity index (χ3v) is 2.80. The topological polar surface area (TPSA) is 40.7 Å². The summed E-state index contributed by atoms with van der Waals surface area (Å²) in [6.45, 7) is 1.40. The first-order valence-electron chi connectivity index (χ1n) is 4.88. The van der Waals surface area contributed by atoms with E-state index in [0.29, 0.717) is 11.6 Å². The van der Waals surface area contributed by atoms with Crippen molar-refractivity contribution in [1.29, 1.82) is 0 Å². The van der Waals surface area contributed by atoms with Crippen LogP contribution in [-0.4, -0.2) is 10.2 Å². The molecular formula is C11H11Cl2N3. The molecule has 84 valence electrons. The molecule has 0 aliphatic heterocycles. The number of nitrogens with zero attached hydrogens (tertiary/aromatic N) is 1.